The van der Waals surface area contributed by atoms with E-state index in [0.29, 0.717) is 0 Å². The molecule has 0 unspecified atom stereocenters. The lowest BCUT2D eigenvalue weighted by Gasteiger charge is -2.46. The Hall–Kier alpha value is -11.7. The molecule has 3 heterocycles. The lowest BCUT2D eigenvalue weighted by molar-refractivity contribution is 0.590. The highest BCUT2D eigenvalue weighted by atomic mass is 15.2. The number of benzene rings is 15. The summed E-state index contributed by atoms with van der Waals surface area (Å²) >= 11 is 0. The maximum absolute atomic E-state index is 2.71. The summed E-state index contributed by atoms with van der Waals surface area (Å²) in [5, 5.41) is 7.43. The Morgan fingerprint density at radius 1 is 0.245 bits per heavy atom. The third kappa shape index (κ3) is 10.2. The van der Waals surface area contributed by atoms with E-state index >= 15 is 0 Å². The summed E-state index contributed by atoms with van der Waals surface area (Å²) in [6.45, 7) is 20.9. The van der Waals surface area contributed by atoms with Crippen molar-refractivity contribution in [3.63, 3.8) is 0 Å². The summed E-state index contributed by atoms with van der Waals surface area (Å²) in [7, 11) is 0. The van der Waals surface area contributed by atoms with Crippen molar-refractivity contribution < 1.29 is 0 Å². The van der Waals surface area contributed by atoms with Crippen molar-refractivity contribution in [2.75, 3.05) is 9.80 Å². The molecule has 0 N–H and O–H groups in total. The lowest BCUT2D eigenvalue weighted by Crippen LogP contribution is -2.61. The number of anilines is 6. The van der Waals surface area contributed by atoms with Crippen LogP contribution >= 0.6 is 0 Å². The number of para-hydroxylation sites is 2. The highest BCUT2D eigenvalue weighted by Gasteiger charge is 2.46. The van der Waals surface area contributed by atoms with Gasteiger partial charge in [-0.25, -0.2) is 0 Å². The Morgan fingerprint density at radius 2 is 0.588 bits per heavy atom. The molecule has 0 amide bonds. The third-order valence-corrected chi connectivity index (χ3v) is 21.8. The highest BCUT2D eigenvalue weighted by Crippen LogP contribution is 2.55. The summed E-state index contributed by atoms with van der Waals surface area (Å²) in [6.07, 6.45) is 0. The Balaban J connectivity index is 1.01. The molecule has 18 rings (SSSR count). The maximum atomic E-state index is 2.71. The predicted octanol–water partition coefficient (Wildman–Crippen LogP) is 25.1. The summed E-state index contributed by atoms with van der Waals surface area (Å²) in [6, 6.07) is 122. The quantitative estimate of drug-likeness (QED) is 0.105. The van der Waals surface area contributed by atoms with E-state index in [4.69, 9.17) is 0 Å². The van der Waals surface area contributed by atoms with Crippen LogP contribution in [0.15, 0.2) is 322 Å². The molecule has 2 aliphatic rings. The van der Waals surface area contributed by atoms with Gasteiger partial charge in [-0.1, -0.05) is 329 Å². The molecular formula is C98H80BN3. The Bertz CT molecular complexity index is 5750. The molecule has 1 aromatic heterocycles. The summed E-state index contributed by atoms with van der Waals surface area (Å²) in [5.74, 6) is 0. The normalized spacial score (nSPS) is 12.9. The van der Waals surface area contributed by atoms with Crippen LogP contribution in [0.5, 0.6) is 0 Å². The first-order valence-corrected chi connectivity index (χ1v) is 36.2. The topological polar surface area (TPSA) is 11.4 Å². The number of hydrogen-bond donors (Lipinski definition) is 0. The zero-order chi connectivity index (χ0) is 69.3. The molecule has 3 nitrogen and oxygen atoms in total. The van der Waals surface area contributed by atoms with Crippen molar-refractivity contribution in [3.05, 3.63) is 338 Å². The molecule has 0 saturated heterocycles. The molecule has 4 heteroatoms. The second-order valence-corrected chi connectivity index (χ2v) is 31.2. The van der Waals surface area contributed by atoms with Gasteiger partial charge in [-0.15, -0.1) is 0 Å². The molecule has 0 fully saturated rings. The van der Waals surface area contributed by atoms with Gasteiger partial charge < -0.3 is 14.4 Å². The fraction of sp³-hybridized carbons (Fsp3) is 0.122. The van der Waals surface area contributed by atoms with Crippen LogP contribution in [0, 0.1) is 0 Å². The molecule has 15 aromatic carbocycles. The van der Waals surface area contributed by atoms with Gasteiger partial charge in [0, 0.05) is 61.5 Å². The largest absolute Gasteiger partial charge is 0.310 e. The smallest absolute Gasteiger partial charge is 0.252 e. The van der Waals surface area contributed by atoms with Crippen molar-refractivity contribution >= 4 is 101 Å². The Morgan fingerprint density at radius 3 is 0.971 bits per heavy atom. The van der Waals surface area contributed by atoms with Gasteiger partial charge in [-0.2, -0.15) is 0 Å². The fourth-order valence-electron chi connectivity index (χ4n) is 16.7. The van der Waals surface area contributed by atoms with Crippen molar-refractivity contribution in [2.45, 2.75) is 78.6 Å². The van der Waals surface area contributed by atoms with Crippen molar-refractivity contribution in [1.82, 2.24) is 4.57 Å². The zero-order valence-electron chi connectivity index (χ0n) is 59.5. The lowest BCUT2D eigenvalue weighted by atomic mass is 9.33. The number of aromatic nitrogens is 1. The van der Waals surface area contributed by atoms with E-state index in [9.17, 15) is 0 Å². The highest BCUT2D eigenvalue weighted by molar-refractivity contribution is 7.00. The first-order valence-electron chi connectivity index (χ1n) is 36.2. The van der Waals surface area contributed by atoms with Gasteiger partial charge in [-0.3, -0.25) is 0 Å². The molecule has 102 heavy (non-hydrogen) atoms. The van der Waals surface area contributed by atoms with Crippen LogP contribution in [-0.4, -0.2) is 11.3 Å². The fourth-order valence-corrected chi connectivity index (χ4v) is 16.7. The van der Waals surface area contributed by atoms with Crippen molar-refractivity contribution in [1.29, 1.82) is 0 Å². The summed E-state index contributed by atoms with van der Waals surface area (Å²) < 4.78 is 2.56. The average molecular weight is 1310 g/mol. The third-order valence-electron chi connectivity index (χ3n) is 21.8. The van der Waals surface area contributed by atoms with Crippen LogP contribution in [-0.2, 0) is 16.2 Å². The Labute approximate surface area is 600 Å². The van der Waals surface area contributed by atoms with Gasteiger partial charge in [0.25, 0.3) is 6.71 Å². The monoisotopic (exact) mass is 1310 g/mol. The molecule has 0 radical (unpaired) electrons. The minimum absolute atomic E-state index is 0.0503. The van der Waals surface area contributed by atoms with Crippen LogP contribution in [0.2, 0.25) is 0 Å². The number of nitrogens with zero attached hydrogens (tertiary/aromatic N) is 3. The van der Waals surface area contributed by atoms with E-state index in [1.165, 1.54) is 93.1 Å². The standard InChI is InChI=1S/C98H80BN3/c1-96(2,3)69-50-55-85-81(58-69)82-59-70(97(4,5)6)51-56-86(82)100(85)72-52-54-84-88(62-72)102(95-75(65-35-19-12-20-36-65)47-30-48-76(95)66-37-21-13-22-38-66)90-61-71(98(7,8)9)60-89-93(90)99(84)83-53-49-68(92-79-43-27-25-41-77(79)91(67-39-23-14-24-40-67)78-42-26-28-44-80(78)92)57-87(83)101(89)94-73(63-31-15-10-16-32-63)45-29-46-74(94)64-33-17-11-18-34-64/h10-62H,1-9H3. The second-order valence-electron chi connectivity index (χ2n) is 31.2. The SMILES string of the molecule is CC(C)(C)c1cc2c3c(c1)N(c1c(-c4ccccc4)cccc1-c1ccccc1)c1cc(-n4c5ccc(C(C)(C)C)cc5c5cc(C(C)(C)C)ccc54)ccc1B3c1ccc(-c3c4ccccc4c(-c4ccccc4)c4ccccc34)cc1N2c1c(-c2ccccc2)cccc1-c1ccccc1. The van der Waals surface area contributed by atoms with Crippen LogP contribution in [0.4, 0.5) is 34.1 Å². The molecule has 2 aliphatic heterocycles. The van der Waals surface area contributed by atoms with Gasteiger partial charge in [0.2, 0.25) is 0 Å². The molecule has 490 valence electrons. The van der Waals surface area contributed by atoms with Crippen LogP contribution < -0.4 is 26.2 Å². The first kappa shape index (κ1) is 62.5. The van der Waals surface area contributed by atoms with Crippen LogP contribution in [0.25, 0.3) is 116 Å². The minimum atomic E-state index is -0.315. The minimum Gasteiger partial charge on any atom is -0.310 e. The second kappa shape index (κ2) is 24.0. The number of rotatable bonds is 9. The van der Waals surface area contributed by atoms with Gasteiger partial charge in [-0.05, 0) is 170 Å². The summed E-state index contributed by atoms with van der Waals surface area (Å²) in [5.41, 5.74) is 31.6. The van der Waals surface area contributed by atoms with E-state index in [0.717, 1.165) is 89.9 Å². The first-order chi connectivity index (χ1) is 49.5. The molecule has 16 aromatic rings. The average Bonchev–Trinajstić information content (AvgIpc) is 0.816. The summed E-state index contributed by atoms with van der Waals surface area (Å²) in [4.78, 5) is 5.42. The van der Waals surface area contributed by atoms with Crippen molar-refractivity contribution in [3.8, 4) is 72.4 Å². The molecule has 0 bridgehead atoms. The van der Waals surface area contributed by atoms with Crippen LogP contribution in [0.1, 0.15) is 79.0 Å². The molecular weight excluding hydrogens is 1230 g/mol. The molecule has 0 aliphatic carbocycles. The van der Waals surface area contributed by atoms with Crippen LogP contribution in [0.3, 0.4) is 0 Å². The van der Waals surface area contributed by atoms with E-state index in [1.807, 2.05) is 0 Å². The van der Waals surface area contributed by atoms with Gasteiger partial charge in [0.15, 0.2) is 0 Å². The predicted molar refractivity (Wildman–Crippen MR) is 439 cm³/mol. The molecule has 0 atom stereocenters. The van der Waals surface area contributed by atoms with Crippen molar-refractivity contribution in [2.24, 2.45) is 0 Å². The van der Waals surface area contributed by atoms with E-state index in [2.05, 4.69) is 398 Å². The number of fused-ring (bicyclic) bond motifs is 9. The molecule has 0 saturated carbocycles. The van der Waals surface area contributed by atoms with Gasteiger partial charge in [0.1, 0.15) is 0 Å². The van der Waals surface area contributed by atoms with E-state index < -0.39 is 0 Å². The zero-order valence-corrected chi connectivity index (χ0v) is 59.5. The number of hydrogen-bond acceptors (Lipinski definition) is 2. The van der Waals surface area contributed by atoms with E-state index in [-0.39, 0.29) is 23.0 Å². The molecule has 0 spiro atoms. The maximum Gasteiger partial charge on any atom is 0.252 e. The van der Waals surface area contributed by atoms with Gasteiger partial charge in [0.05, 0.1) is 22.4 Å². The van der Waals surface area contributed by atoms with E-state index in [1.54, 1.807) is 0 Å². The van der Waals surface area contributed by atoms with Gasteiger partial charge >= 0.3 is 0 Å². The Kier molecular flexibility index (Phi) is 14.7.